The van der Waals surface area contributed by atoms with Crippen LogP contribution >= 0.6 is 0 Å². The van der Waals surface area contributed by atoms with Crippen LogP contribution in [0.15, 0.2) is 45.6 Å². The van der Waals surface area contributed by atoms with Gasteiger partial charge in [-0.15, -0.1) is 0 Å². The van der Waals surface area contributed by atoms with Crippen molar-refractivity contribution >= 4 is 5.91 Å². The molecule has 0 bridgehead atoms. The van der Waals surface area contributed by atoms with E-state index >= 15 is 0 Å². The highest BCUT2D eigenvalue weighted by atomic mass is 19.1. The predicted octanol–water partition coefficient (Wildman–Crippen LogP) is 2.38. The van der Waals surface area contributed by atoms with Crippen molar-refractivity contribution < 1.29 is 18.3 Å². The number of carbonyl (C=O) groups excluding carboxylic acids is 1. The summed E-state index contributed by atoms with van der Waals surface area (Å²) in [6, 6.07) is 8.82. The van der Waals surface area contributed by atoms with E-state index in [1.807, 2.05) is 0 Å². The maximum absolute atomic E-state index is 13.7. The lowest BCUT2D eigenvalue weighted by atomic mass is 10.2. The first kappa shape index (κ1) is 15.3. The van der Waals surface area contributed by atoms with Crippen molar-refractivity contribution in [3.05, 3.63) is 64.0 Å². The molecule has 0 aliphatic carbocycles. The average Bonchev–Trinajstić information content (AvgIpc) is 2.94. The molecule has 120 valence electrons. The van der Waals surface area contributed by atoms with E-state index in [9.17, 15) is 14.0 Å². The molecular weight excluding hydrogens is 301 g/mol. The highest BCUT2D eigenvalue weighted by Crippen LogP contribution is 2.20. The molecule has 6 heteroatoms. The van der Waals surface area contributed by atoms with Crippen LogP contribution < -0.4 is 10.4 Å². The zero-order chi connectivity index (χ0) is 16.4. The third-order valence-electron chi connectivity index (χ3n) is 3.71. The van der Waals surface area contributed by atoms with E-state index < -0.39 is 11.4 Å². The summed E-state index contributed by atoms with van der Waals surface area (Å²) < 4.78 is 24.3. The van der Waals surface area contributed by atoms with Crippen LogP contribution in [0, 0.1) is 12.7 Å². The number of aryl methyl sites for hydroxylation is 1. The molecule has 0 N–H and O–H groups in total. The number of likely N-dealkylation sites (tertiary alicyclic amines) is 1. The number of hydrogen-bond acceptors (Lipinski definition) is 4. The number of rotatable bonds is 3. The van der Waals surface area contributed by atoms with Crippen LogP contribution in [-0.4, -0.2) is 30.0 Å². The molecule has 1 atom stereocenters. The average molecular weight is 317 g/mol. The van der Waals surface area contributed by atoms with Crippen molar-refractivity contribution in [2.75, 3.05) is 13.1 Å². The predicted molar refractivity (Wildman–Crippen MR) is 81.1 cm³/mol. The maximum atomic E-state index is 13.7. The second-order valence-electron chi connectivity index (χ2n) is 5.48. The van der Waals surface area contributed by atoms with E-state index in [-0.39, 0.29) is 17.6 Å². The van der Waals surface area contributed by atoms with Crippen LogP contribution in [0.3, 0.4) is 0 Å². The molecule has 1 aromatic carbocycles. The minimum absolute atomic E-state index is 0.0596. The molecule has 2 aromatic rings. The van der Waals surface area contributed by atoms with Gasteiger partial charge in [-0.2, -0.15) is 0 Å². The summed E-state index contributed by atoms with van der Waals surface area (Å²) in [5, 5.41) is 0. The Morgan fingerprint density at radius 2 is 2.13 bits per heavy atom. The third-order valence-corrected chi connectivity index (χ3v) is 3.71. The fourth-order valence-electron chi connectivity index (χ4n) is 2.65. The molecule has 1 aromatic heterocycles. The monoisotopic (exact) mass is 317 g/mol. The molecule has 1 aliphatic rings. The molecule has 1 fully saturated rings. The third kappa shape index (κ3) is 3.41. The van der Waals surface area contributed by atoms with Crippen LogP contribution in [0.25, 0.3) is 0 Å². The SMILES string of the molecule is Cc1cc(O[C@H]2CCN(C(=O)c3ccccc3F)C2)cc(=O)o1. The Labute approximate surface area is 132 Å². The summed E-state index contributed by atoms with van der Waals surface area (Å²) >= 11 is 0. The fraction of sp³-hybridized carbons (Fsp3) is 0.294. The zero-order valence-electron chi connectivity index (χ0n) is 12.6. The summed E-state index contributed by atoms with van der Waals surface area (Å²) in [6.45, 7) is 2.50. The van der Waals surface area contributed by atoms with Crippen molar-refractivity contribution in [1.82, 2.24) is 4.90 Å². The van der Waals surface area contributed by atoms with Gasteiger partial charge in [0.05, 0.1) is 18.2 Å². The molecule has 0 spiro atoms. The molecule has 0 saturated carbocycles. The Bertz CT molecular complexity index is 786. The van der Waals surface area contributed by atoms with Gasteiger partial charge in [0, 0.05) is 19.0 Å². The second kappa shape index (κ2) is 6.24. The first-order chi connectivity index (χ1) is 11.0. The van der Waals surface area contributed by atoms with Crippen molar-refractivity contribution in [3.8, 4) is 5.75 Å². The number of carbonyl (C=O) groups is 1. The van der Waals surface area contributed by atoms with E-state index in [4.69, 9.17) is 9.15 Å². The zero-order valence-corrected chi connectivity index (χ0v) is 12.6. The van der Waals surface area contributed by atoms with Crippen molar-refractivity contribution in [3.63, 3.8) is 0 Å². The molecule has 0 unspecified atom stereocenters. The van der Waals surface area contributed by atoms with Gasteiger partial charge in [-0.3, -0.25) is 4.79 Å². The van der Waals surface area contributed by atoms with E-state index in [0.29, 0.717) is 31.0 Å². The van der Waals surface area contributed by atoms with Gasteiger partial charge in [0.2, 0.25) is 0 Å². The number of benzene rings is 1. The van der Waals surface area contributed by atoms with E-state index in [2.05, 4.69) is 0 Å². The lowest BCUT2D eigenvalue weighted by molar-refractivity contribution is 0.0767. The van der Waals surface area contributed by atoms with E-state index in [1.165, 1.54) is 18.2 Å². The number of hydrogen-bond donors (Lipinski definition) is 0. The van der Waals surface area contributed by atoms with Crippen LogP contribution in [0.1, 0.15) is 22.5 Å². The quantitative estimate of drug-likeness (QED) is 0.872. The van der Waals surface area contributed by atoms with Gasteiger partial charge in [0.1, 0.15) is 23.4 Å². The van der Waals surface area contributed by atoms with Gasteiger partial charge in [0.25, 0.3) is 5.91 Å². The summed E-state index contributed by atoms with van der Waals surface area (Å²) in [6.07, 6.45) is 0.395. The van der Waals surface area contributed by atoms with Crippen molar-refractivity contribution in [2.45, 2.75) is 19.4 Å². The minimum Gasteiger partial charge on any atom is -0.488 e. The summed E-state index contributed by atoms with van der Waals surface area (Å²) in [5.41, 5.74) is -0.415. The molecule has 1 amide bonds. The van der Waals surface area contributed by atoms with Crippen molar-refractivity contribution in [2.24, 2.45) is 0 Å². The smallest absolute Gasteiger partial charge is 0.339 e. The highest BCUT2D eigenvalue weighted by Gasteiger charge is 2.29. The molecule has 0 radical (unpaired) electrons. The number of nitrogens with zero attached hydrogens (tertiary/aromatic N) is 1. The summed E-state index contributed by atoms with van der Waals surface area (Å²) in [5.74, 6) is 0.00448. The molecule has 1 aliphatic heterocycles. The first-order valence-corrected chi connectivity index (χ1v) is 7.35. The van der Waals surface area contributed by atoms with E-state index in [1.54, 1.807) is 30.0 Å². The van der Waals surface area contributed by atoms with Crippen LogP contribution in [0.5, 0.6) is 5.75 Å². The Morgan fingerprint density at radius 1 is 1.35 bits per heavy atom. The van der Waals surface area contributed by atoms with Crippen molar-refractivity contribution in [1.29, 1.82) is 0 Å². The number of ether oxygens (including phenoxy) is 1. The number of halogens is 1. The van der Waals surface area contributed by atoms with Gasteiger partial charge in [-0.05, 0) is 19.1 Å². The van der Waals surface area contributed by atoms with Crippen LogP contribution in [0.4, 0.5) is 4.39 Å². The van der Waals surface area contributed by atoms with Gasteiger partial charge in [-0.1, -0.05) is 12.1 Å². The van der Waals surface area contributed by atoms with Gasteiger partial charge < -0.3 is 14.1 Å². The standard InChI is InChI=1S/C17H16FNO4/c1-11-8-13(9-16(20)22-11)23-12-6-7-19(10-12)17(21)14-4-2-3-5-15(14)18/h2-5,8-9,12H,6-7,10H2,1H3/t12-/m0/s1. The Balaban J connectivity index is 1.68. The second-order valence-corrected chi connectivity index (χ2v) is 5.48. The molecule has 5 nitrogen and oxygen atoms in total. The summed E-state index contributed by atoms with van der Waals surface area (Å²) in [4.78, 5) is 25.2. The molecule has 3 rings (SSSR count). The largest absolute Gasteiger partial charge is 0.488 e. The Hall–Kier alpha value is -2.63. The summed E-state index contributed by atoms with van der Waals surface area (Å²) in [7, 11) is 0. The fourth-order valence-corrected chi connectivity index (χ4v) is 2.65. The van der Waals surface area contributed by atoms with Gasteiger partial charge in [0.15, 0.2) is 0 Å². The molecular formula is C17H16FNO4. The molecule has 2 heterocycles. The lowest BCUT2D eigenvalue weighted by Crippen LogP contribution is -2.31. The lowest BCUT2D eigenvalue weighted by Gasteiger charge is -2.17. The molecule has 23 heavy (non-hydrogen) atoms. The Kier molecular flexibility index (Phi) is 4.14. The normalized spacial score (nSPS) is 17.3. The number of amides is 1. The first-order valence-electron chi connectivity index (χ1n) is 7.35. The highest BCUT2D eigenvalue weighted by molar-refractivity contribution is 5.94. The topological polar surface area (TPSA) is 59.8 Å². The minimum atomic E-state index is -0.529. The van der Waals surface area contributed by atoms with Gasteiger partial charge in [-0.25, -0.2) is 9.18 Å². The van der Waals surface area contributed by atoms with E-state index in [0.717, 1.165) is 0 Å². The Morgan fingerprint density at radius 3 is 2.87 bits per heavy atom. The van der Waals surface area contributed by atoms with Crippen LogP contribution in [-0.2, 0) is 0 Å². The maximum Gasteiger partial charge on any atom is 0.339 e. The molecule has 1 saturated heterocycles. The van der Waals surface area contributed by atoms with Gasteiger partial charge >= 0.3 is 5.63 Å². The van der Waals surface area contributed by atoms with Crippen LogP contribution in [0.2, 0.25) is 0 Å².